The summed E-state index contributed by atoms with van der Waals surface area (Å²) in [6.07, 6.45) is 1.69. The topological polar surface area (TPSA) is 96.1 Å². The molecule has 200 valence electrons. The molecule has 0 saturated carbocycles. The third-order valence-corrected chi connectivity index (χ3v) is 7.56. The number of aromatic nitrogens is 5. The van der Waals surface area contributed by atoms with Crippen LogP contribution in [0.15, 0.2) is 70.1 Å². The molecule has 4 heterocycles. The van der Waals surface area contributed by atoms with Crippen molar-refractivity contribution in [2.75, 3.05) is 26.2 Å². The van der Waals surface area contributed by atoms with E-state index in [0.717, 1.165) is 66.1 Å². The van der Waals surface area contributed by atoms with E-state index in [-0.39, 0.29) is 11.4 Å². The van der Waals surface area contributed by atoms with Crippen molar-refractivity contribution < 1.29 is 8.81 Å². The van der Waals surface area contributed by atoms with Crippen molar-refractivity contribution in [2.45, 2.75) is 33.0 Å². The minimum atomic E-state index is -0.457. The van der Waals surface area contributed by atoms with Crippen molar-refractivity contribution in [3.63, 3.8) is 0 Å². The van der Waals surface area contributed by atoms with E-state index in [0.29, 0.717) is 17.9 Å². The molecule has 6 rings (SSSR count). The highest BCUT2D eigenvalue weighted by molar-refractivity contribution is 5.81. The molecule has 0 amide bonds. The second-order valence-corrected chi connectivity index (χ2v) is 10.2. The molecule has 39 heavy (non-hydrogen) atoms. The lowest BCUT2D eigenvalue weighted by Gasteiger charge is -2.38. The lowest BCUT2D eigenvalue weighted by atomic mass is 10.00. The summed E-state index contributed by atoms with van der Waals surface area (Å²) in [7, 11) is 0. The van der Waals surface area contributed by atoms with Gasteiger partial charge in [-0.3, -0.25) is 14.6 Å². The van der Waals surface area contributed by atoms with Crippen molar-refractivity contribution >= 4 is 10.9 Å². The normalized spacial score (nSPS) is 15.7. The van der Waals surface area contributed by atoms with Gasteiger partial charge in [-0.05, 0) is 88.8 Å². The van der Waals surface area contributed by atoms with Gasteiger partial charge < -0.3 is 9.40 Å². The van der Waals surface area contributed by atoms with Crippen LogP contribution in [0, 0.1) is 19.7 Å². The fraction of sp³-hybridized carbons (Fsp3) is 0.310. The number of piperazine rings is 1. The van der Waals surface area contributed by atoms with E-state index in [1.54, 1.807) is 23.1 Å². The van der Waals surface area contributed by atoms with Gasteiger partial charge in [0, 0.05) is 37.3 Å². The summed E-state index contributed by atoms with van der Waals surface area (Å²) < 4.78 is 20.8. The fourth-order valence-electron chi connectivity index (χ4n) is 5.28. The number of pyridine rings is 1. The van der Waals surface area contributed by atoms with Crippen LogP contribution in [-0.2, 0) is 13.1 Å². The number of furan rings is 1. The third kappa shape index (κ3) is 5.25. The maximum atomic E-state index is 13.6. The Bertz CT molecular complexity index is 1640. The minimum Gasteiger partial charge on any atom is -0.468 e. The molecule has 0 radical (unpaired) electrons. The van der Waals surface area contributed by atoms with Gasteiger partial charge in [-0.15, -0.1) is 5.10 Å². The first kappa shape index (κ1) is 25.1. The zero-order valence-electron chi connectivity index (χ0n) is 22.0. The summed E-state index contributed by atoms with van der Waals surface area (Å²) in [4.78, 5) is 21.3. The summed E-state index contributed by atoms with van der Waals surface area (Å²) in [6.45, 7) is 8.26. The van der Waals surface area contributed by atoms with Gasteiger partial charge >= 0.3 is 0 Å². The monoisotopic (exact) mass is 527 g/mol. The first-order chi connectivity index (χ1) is 18.9. The Morgan fingerprint density at radius 2 is 1.77 bits per heavy atom. The summed E-state index contributed by atoms with van der Waals surface area (Å²) in [5.41, 5.74) is 4.39. The molecule has 3 aromatic heterocycles. The molecule has 0 aliphatic carbocycles. The SMILES string of the molecule is Cc1cc2cc([C@@H](c3nnnn3Cc3ccc(F)cc3)N3CCN(Cc4ccco4)CC3)c(=O)[nH]c2cc1C. The number of rotatable bonds is 7. The van der Waals surface area contributed by atoms with Gasteiger partial charge in [-0.1, -0.05) is 12.1 Å². The second-order valence-electron chi connectivity index (χ2n) is 10.2. The Labute approximate surface area is 224 Å². The van der Waals surface area contributed by atoms with E-state index in [4.69, 9.17) is 4.42 Å². The maximum Gasteiger partial charge on any atom is 0.253 e. The lowest BCUT2D eigenvalue weighted by Crippen LogP contribution is -2.48. The molecule has 1 aliphatic heterocycles. The number of hydrogen-bond donors (Lipinski definition) is 1. The molecule has 5 aromatic rings. The van der Waals surface area contributed by atoms with E-state index in [1.165, 1.54) is 12.1 Å². The molecule has 0 bridgehead atoms. The van der Waals surface area contributed by atoms with Crippen LogP contribution in [0.25, 0.3) is 10.9 Å². The van der Waals surface area contributed by atoms with Crippen molar-refractivity contribution in [2.24, 2.45) is 0 Å². The number of H-pyrrole nitrogens is 1. The zero-order valence-corrected chi connectivity index (χ0v) is 22.0. The van der Waals surface area contributed by atoms with E-state index >= 15 is 0 Å². The van der Waals surface area contributed by atoms with Crippen LogP contribution in [0.3, 0.4) is 0 Å². The maximum absolute atomic E-state index is 13.6. The van der Waals surface area contributed by atoms with Crippen molar-refractivity contribution in [3.8, 4) is 0 Å². The average molecular weight is 528 g/mol. The van der Waals surface area contributed by atoms with Gasteiger partial charge in [0.1, 0.15) is 17.6 Å². The first-order valence-electron chi connectivity index (χ1n) is 13.1. The largest absolute Gasteiger partial charge is 0.468 e. The molecule has 1 fully saturated rings. The van der Waals surface area contributed by atoms with Crippen molar-refractivity contribution in [1.29, 1.82) is 0 Å². The van der Waals surface area contributed by atoms with E-state index in [2.05, 4.69) is 43.3 Å². The number of tetrazole rings is 1. The summed E-state index contributed by atoms with van der Waals surface area (Å²) >= 11 is 0. The van der Waals surface area contributed by atoms with E-state index in [9.17, 15) is 9.18 Å². The predicted octanol–water partition coefficient (Wildman–Crippen LogP) is 3.82. The van der Waals surface area contributed by atoms with Crippen LogP contribution in [-0.4, -0.2) is 61.2 Å². The Hall–Kier alpha value is -4.15. The van der Waals surface area contributed by atoms with Crippen molar-refractivity contribution in [3.05, 3.63) is 111 Å². The van der Waals surface area contributed by atoms with Crippen LogP contribution in [0.2, 0.25) is 0 Å². The molecule has 0 unspecified atom stereocenters. The molecular weight excluding hydrogens is 497 g/mol. The third-order valence-electron chi connectivity index (χ3n) is 7.56. The summed E-state index contributed by atoms with van der Waals surface area (Å²) in [6, 6.07) is 15.8. The molecule has 1 N–H and O–H groups in total. The van der Waals surface area contributed by atoms with Gasteiger partial charge in [0.05, 0.1) is 19.4 Å². The summed E-state index contributed by atoms with van der Waals surface area (Å²) in [5.74, 6) is 1.21. The number of hydrogen-bond acceptors (Lipinski definition) is 7. The quantitative estimate of drug-likeness (QED) is 0.344. The second kappa shape index (κ2) is 10.5. The van der Waals surface area contributed by atoms with Crippen LogP contribution in [0.4, 0.5) is 4.39 Å². The molecule has 10 heteroatoms. The number of aryl methyl sites for hydroxylation is 2. The number of benzene rings is 2. The molecule has 0 spiro atoms. The molecule has 1 atom stereocenters. The number of aromatic amines is 1. The highest BCUT2D eigenvalue weighted by Gasteiger charge is 2.33. The van der Waals surface area contributed by atoms with Crippen molar-refractivity contribution in [1.82, 2.24) is 35.0 Å². The number of fused-ring (bicyclic) bond motifs is 1. The van der Waals surface area contributed by atoms with Crippen LogP contribution >= 0.6 is 0 Å². The lowest BCUT2D eigenvalue weighted by molar-refractivity contribution is 0.0952. The number of nitrogens with zero attached hydrogens (tertiary/aromatic N) is 6. The van der Waals surface area contributed by atoms with E-state index in [1.807, 2.05) is 31.2 Å². The fourth-order valence-corrected chi connectivity index (χ4v) is 5.28. The van der Waals surface area contributed by atoms with Gasteiger partial charge in [0.15, 0.2) is 5.82 Å². The predicted molar refractivity (Wildman–Crippen MR) is 145 cm³/mol. The molecule has 9 nitrogen and oxygen atoms in total. The smallest absolute Gasteiger partial charge is 0.253 e. The van der Waals surface area contributed by atoms with Crippen LogP contribution in [0.1, 0.15) is 39.9 Å². The average Bonchev–Trinajstić information content (AvgIpc) is 3.61. The Kier molecular flexibility index (Phi) is 6.80. The first-order valence-corrected chi connectivity index (χ1v) is 13.1. The highest BCUT2D eigenvalue weighted by Crippen LogP contribution is 2.29. The minimum absolute atomic E-state index is 0.162. The number of halogens is 1. The van der Waals surface area contributed by atoms with Crippen LogP contribution in [0.5, 0.6) is 0 Å². The van der Waals surface area contributed by atoms with E-state index < -0.39 is 6.04 Å². The zero-order chi connectivity index (χ0) is 26.9. The van der Waals surface area contributed by atoms with Crippen LogP contribution < -0.4 is 5.56 Å². The Morgan fingerprint density at radius 1 is 1.00 bits per heavy atom. The highest BCUT2D eigenvalue weighted by atomic mass is 19.1. The number of nitrogens with one attached hydrogen (secondary N) is 1. The summed E-state index contributed by atoms with van der Waals surface area (Å²) in [5, 5.41) is 13.6. The van der Waals surface area contributed by atoms with Gasteiger partial charge in [-0.25, -0.2) is 9.07 Å². The van der Waals surface area contributed by atoms with Gasteiger partial charge in [0.25, 0.3) is 5.56 Å². The Balaban J connectivity index is 1.37. The molecular formula is C29H30FN7O2. The van der Waals surface area contributed by atoms with Gasteiger partial charge in [0.2, 0.25) is 0 Å². The standard InChI is InChI=1S/C29H30FN7O2/c1-19-14-22-16-25(29(38)31-26(22)15-20(19)2)27(36-11-9-35(10-12-36)18-24-4-3-13-39-24)28-32-33-34-37(28)17-21-5-7-23(30)8-6-21/h3-8,13-16,27H,9-12,17-18H2,1-2H3,(H,31,38)/t27-/m0/s1. The Morgan fingerprint density at radius 3 is 2.51 bits per heavy atom. The van der Waals surface area contributed by atoms with Gasteiger partial charge in [-0.2, -0.15) is 0 Å². The molecule has 1 aliphatic rings. The molecule has 1 saturated heterocycles. The molecule has 2 aromatic carbocycles.